The molecule has 0 saturated heterocycles. The summed E-state index contributed by atoms with van der Waals surface area (Å²) in [5.41, 5.74) is 14.9. The van der Waals surface area contributed by atoms with Crippen LogP contribution in [0.25, 0.3) is 33.5 Å². The maximum atomic E-state index is 12.1. The first-order chi connectivity index (χ1) is 28.9. The average Bonchev–Trinajstić information content (AvgIpc) is 3.29. The Kier molecular flexibility index (Phi) is 14.0. The first-order valence-corrected chi connectivity index (χ1v) is 17.8. The fourth-order valence-electron chi connectivity index (χ4n) is 5.59. The number of nitrogens with two attached hydrogens (primary N) is 2. The van der Waals surface area contributed by atoms with E-state index in [9.17, 15) is 29.8 Å². The molecule has 0 aliphatic carbocycles. The summed E-state index contributed by atoms with van der Waals surface area (Å²) in [5, 5.41) is 21.7. The number of Topliss-reactive ketones (excluding diaryl/α,β-unsaturated/α-hetero) is 2. The molecule has 0 atom stereocenters. The third-order valence-corrected chi connectivity index (χ3v) is 8.82. The average molecular weight is 812 g/mol. The Labute approximate surface area is 344 Å². The number of methoxy groups -OCH3 is 4. The number of carbonyl (C=O) groups excluding carboxylic acids is 2. The molecule has 0 bridgehead atoms. The molecule has 6 aromatic carbocycles. The molecule has 1 aromatic heterocycles. The molecule has 7 aromatic rings. The van der Waals surface area contributed by atoms with Crippen LogP contribution in [0.3, 0.4) is 0 Å². The fourth-order valence-corrected chi connectivity index (χ4v) is 5.59. The van der Waals surface area contributed by atoms with Crippen LogP contribution in [0.15, 0.2) is 133 Å². The third kappa shape index (κ3) is 10.1. The maximum Gasteiger partial charge on any atom is 1.00 e. The monoisotopic (exact) mass is 811 g/mol. The standard InChI is InChI=1S/C22H17N3O4.C16H14O4.C6H7N3O2/c1-28-16-10-6-14(7-11-16)20-21(15-8-12-17(29-2)13-9-15)24-22-18(23-20)4-3-5-19(22)25(26)27;1-19-13-7-3-11(4-8-13)15(17)16(18)12-5-9-14(20-2)10-6-12;7-4-2-1-3-5(6(4)8)9(10)11/h3-13H,1-2H3;3-10H,1-2H3;1-3H,7-8H2/p+1. The molecule has 0 unspecified atom stereocenters. The second kappa shape index (κ2) is 19.6. The Hall–Kier alpha value is -8.40. The minimum Gasteiger partial charge on any atom is -0.497 e. The Morgan fingerprint density at radius 1 is 0.517 bits per heavy atom. The van der Waals surface area contributed by atoms with Gasteiger partial charge in [0.2, 0.25) is 11.6 Å². The number of benzene rings is 6. The van der Waals surface area contributed by atoms with Crippen molar-refractivity contribution in [1.29, 1.82) is 0 Å². The zero-order valence-electron chi connectivity index (χ0n) is 33.7. The number of non-ortho nitro benzene ring substituents is 1. The van der Waals surface area contributed by atoms with Crippen molar-refractivity contribution in [1.82, 2.24) is 9.97 Å². The summed E-state index contributed by atoms with van der Waals surface area (Å²) in [4.78, 5) is 54.3. The van der Waals surface area contributed by atoms with Gasteiger partial charge in [-0.25, -0.2) is 9.97 Å². The molecule has 60 heavy (non-hydrogen) atoms. The zero-order chi connectivity index (χ0) is 43.3. The summed E-state index contributed by atoms with van der Waals surface area (Å²) in [6.45, 7) is 0. The Morgan fingerprint density at radius 3 is 1.27 bits per heavy atom. The van der Waals surface area contributed by atoms with E-state index in [0.29, 0.717) is 45.3 Å². The molecular formula is C44H39N6O10+. The summed E-state index contributed by atoms with van der Waals surface area (Å²) in [6.07, 6.45) is 0. The van der Waals surface area contributed by atoms with E-state index in [-0.39, 0.29) is 29.7 Å². The van der Waals surface area contributed by atoms with Gasteiger partial charge in [-0.2, -0.15) is 0 Å². The van der Waals surface area contributed by atoms with E-state index in [0.717, 1.165) is 16.9 Å². The first-order valence-electron chi connectivity index (χ1n) is 17.8. The number of aromatic nitrogens is 2. The highest BCUT2D eigenvalue weighted by atomic mass is 16.6. The Balaban J connectivity index is 0.000000222. The highest BCUT2D eigenvalue weighted by molar-refractivity contribution is 6.49. The smallest absolute Gasteiger partial charge is 0.497 e. The van der Waals surface area contributed by atoms with Crippen LogP contribution in [0.4, 0.5) is 22.7 Å². The minimum absolute atomic E-state index is 0. The van der Waals surface area contributed by atoms with Crippen molar-refractivity contribution in [3.63, 3.8) is 0 Å². The quantitative estimate of drug-likeness (QED) is 0.0410. The summed E-state index contributed by atoms with van der Waals surface area (Å²) in [5.74, 6) is 1.62. The molecule has 16 heteroatoms. The lowest BCUT2D eigenvalue weighted by Crippen LogP contribution is -2.14. The van der Waals surface area contributed by atoms with Crippen molar-refractivity contribution in [3.8, 4) is 45.5 Å². The first kappa shape index (κ1) is 42.7. The normalized spacial score (nSPS) is 10.2. The number of nitro groups is 2. The Bertz CT molecular complexity index is 2590. The molecule has 1 heterocycles. The molecule has 16 nitrogen and oxygen atoms in total. The highest BCUT2D eigenvalue weighted by Gasteiger charge is 2.20. The number of nitrogens with zero attached hydrogens (tertiary/aromatic N) is 4. The van der Waals surface area contributed by atoms with Gasteiger partial charge < -0.3 is 30.4 Å². The second-order valence-electron chi connectivity index (χ2n) is 12.4. The van der Waals surface area contributed by atoms with Crippen molar-refractivity contribution in [2.75, 3.05) is 39.9 Å². The van der Waals surface area contributed by atoms with Crippen LogP contribution in [-0.2, 0) is 0 Å². The van der Waals surface area contributed by atoms with Crippen LogP contribution in [0.5, 0.6) is 23.0 Å². The van der Waals surface area contributed by atoms with E-state index in [1.54, 1.807) is 89.1 Å². The summed E-state index contributed by atoms with van der Waals surface area (Å²) in [7, 11) is 6.28. The van der Waals surface area contributed by atoms with Gasteiger partial charge in [0.25, 0.3) is 11.4 Å². The third-order valence-electron chi connectivity index (χ3n) is 8.82. The number of fused-ring (bicyclic) bond motifs is 1. The van der Waals surface area contributed by atoms with Crippen LogP contribution in [0, 0.1) is 20.2 Å². The lowest BCUT2D eigenvalue weighted by atomic mass is 10.0. The Morgan fingerprint density at radius 2 is 0.883 bits per heavy atom. The molecule has 0 radical (unpaired) electrons. The SMILES string of the molecule is COc1ccc(-c2nc3cccc([N+](=O)[O-])c3nc2-c2ccc(OC)cc2)cc1.COc1ccc(C(=O)C(=O)c2ccc(OC)cc2)cc1.Nc1cccc([N+](=O)[O-])c1N.[H+]. The lowest BCUT2D eigenvalue weighted by molar-refractivity contribution is -0.383. The van der Waals surface area contributed by atoms with Gasteiger partial charge in [0, 0.05) is 34.4 Å². The number of carbonyl (C=O) groups is 2. The predicted molar refractivity (Wildman–Crippen MR) is 228 cm³/mol. The van der Waals surface area contributed by atoms with E-state index in [2.05, 4.69) is 4.98 Å². The number of nitrogen functional groups attached to an aromatic ring is 2. The van der Waals surface area contributed by atoms with Crippen LogP contribution < -0.4 is 30.4 Å². The number of rotatable bonds is 11. The second-order valence-corrected chi connectivity index (χ2v) is 12.4. The predicted octanol–water partition coefficient (Wildman–Crippen LogP) is 8.53. The van der Waals surface area contributed by atoms with Gasteiger partial charge in [0.05, 0.1) is 60.9 Å². The van der Waals surface area contributed by atoms with E-state index >= 15 is 0 Å². The van der Waals surface area contributed by atoms with Crippen LogP contribution in [-0.4, -0.2) is 59.8 Å². The number of ether oxygens (including phenoxy) is 4. The number of anilines is 2. The number of para-hydroxylation sites is 2. The van der Waals surface area contributed by atoms with Gasteiger partial charge in [-0.15, -0.1) is 0 Å². The van der Waals surface area contributed by atoms with E-state index < -0.39 is 21.4 Å². The number of hydrogen-bond acceptors (Lipinski definition) is 14. The lowest BCUT2D eigenvalue weighted by Gasteiger charge is -2.11. The van der Waals surface area contributed by atoms with E-state index in [1.807, 2.05) is 48.5 Å². The van der Waals surface area contributed by atoms with Crippen molar-refractivity contribution in [2.24, 2.45) is 0 Å². The van der Waals surface area contributed by atoms with Gasteiger partial charge in [-0.05, 0) is 109 Å². The summed E-state index contributed by atoms with van der Waals surface area (Å²) in [6, 6.07) is 36.8. The maximum absolute atomic E-state index is 12.1. The van der Waals surface area contributed by atoms with Gasteiger partial charge >= 0.3 is 1.43 Å². The molecule has 0 amide bonds. The molecule has 4 N–H and O–H groups in total. The molecule has 0 fully saturated rings. The number of hydrogen-bond donors (Lipinski definition) is 2. The zero-order valence-corrected chi connectivity index (χ0v) is 32.7. The molecule has 304 valence electrons. The van der Waals surface area contributed by atoms with Crippen LogP contribution in [0.1, 0.15) is 22.1 Å². The van der Waals surface area contributed by atoms with Gasteiger partial charge in [0.15, 0.2) is 5.52 Å². The molecule has 0 spiro atoms. The van der Waals surface area contributed by atoms with Crippen molar-refractivity contribution in [2.45, 2.75) is 0 Å². The van der Waals surface area contributed by atoms with Crippen LogP contribution >= 0.6 is 0 Å². The summed E-state index contributed by atoms with van der Waals surface area (Å²) >= 11 is 0. The fraction of sp³-hybridized carbons (Fsp3) is 0.0909. The molecule has 0 aliphatic rings. The number of nitro benzene ring substituents is 2. The topological polar surface area (TPSA) is 235 Å². The van der Waals surface area contributed by atoms with Crippen molar-refractivity contribution in [3.05, 3.63) is 165 Å². The highest BCUT2D eigenvalue weighted by Crippen LogP contribution is 2.35. The minimum atomic E-state index is -0.564. The largest absolute Gasteiger partial charge is 1.00 e. The van der Waals surface area contributed by atoms with Crippen molar-refractivity contribution >= 4 is 45.3 Å². The summed E-state index contributed by atoms with van der Waals surface area (Å²) < 4.78 is 20.5. The van der Waals surface area contributed by atoms with Gasteiger partial charge in [0.1, 0.15) is 28.7 Å². The number of ketones is 2. The van der Waals surface area contributed by atoms with Gasteiger partial charge in [-0.3, -0.25) is 29.8 Å². The molecular weight excluding hydrogens is 773 g/mol. The molecule has 7 rings (SSSR count). The molecule has 0 saturated carbocycles. The van der Waals surface area contributed by atoms with E-state index in [1.165, 1.54) is 24.3 Å². The van der Waals surface area contributed by atoms with Crippen molar-refractivity contribution < 1.29 is 39.8 Å². The van der Waals surface area contributed by atoms with Gasteiger partial charge in [-0.1, -0.05) is 12.1 Å². The molecule has 0 aliphatic heterocycles. The van der Waals surface area contributed by atoms with Crippen LogP contribution in [0.2, 0.25) is 0 Å². The van der Waals surface area contributed by atoms with E-state index in [4.69, 9.17) is 35.4 Å².